The molecule has 0 aliphatic rings. The number of carbonyl (C=O) groups excluding carboxylic acids is 1. The fourth-order valence-corrected chi connectivity index (χ4v) is 3.82. The lowest BCUT2D eigenvalue weighted by Crippen LogP contribution is -2.03. The van der Waals surface area contributed by atoms with Crippen molar-refractivity contribution in [3.63, 3.8) is 0 Å². The van der Waals surface area contributed by atoms with Crippen LogP contribution in [0, 0.1) is 10.1 Å². The highest BCUT2D eigenvalue weighted by molar-refractivity contribution is 7.90. The molecule has 1 aromatic heterocycles. The molecule has 0 atom stereocenters. The van der Waals surface area contributed by atoms with Crippen molar-refractivity contribution in [2.75, 3.05) is 13.4 Å². The third kappa shape index (κ3) is 5.01. The summed E-state index contributed by atoms with van der Waals surface area (Å²) >= 11 is 5.83. The monoisotopic (exact) mass is 461 g/mol. The maximum Gasteiger partial charge on any atom is 0.281 e. The van der Waals surface area contributed by atoms with Crippen LogP contribution >= 0.6 is 11.6 Å². The molecule has 10 heteroatoms. The maximum atomic E-state index is 12.5. The molecule has 8 nitrogen and oxygen atoms in total. The summed E-state index contributed by atoms with van der Waals surface area (Å²) in [6, 6.07) is 11.4. The van der Waals surface area contributed by atoms with Crippen molar-refractivity contribution in [1.29, 1.82) is 0 Å². The molecule has 31 heavy (non-hydrogen) atoms. The lowest BCUT2D eigenvalue weighted by molar-refractivity contribution is -0.384. The van der Waals surface area contributed by atoms with Crippen molar-refractivity contribution in [2.45, 2.75) is 4.90 Å². The number of nitro groups is 1. The van der Waals surface area contributed by atoms with Gasteiger partial charge in [0.1, 0.15) is 22.2 Å². The highest BCUT2D eigenvalue weighted by Gasteiger charge is 2.19. The highest BCUT2D eigenvalue weighted by Crippen LogP contribution is 2.33. The zero-order valence-electron chi connectivity index (χ0n) is 16.4. The number of nitro benzene ring substituents is 1. The minimum atomic E-state index is -3.50. The summed E-state index contributed by atoms with van der Waals surface area (Å²) in [6.45, 7) is 0. The van der Waals surface area contributed by atoms with E-state index in [0.29, 0.717) is 5.76 Å². The van der Waals surface area contributed by atoms with Gasteiger partial charge in [-0.2, -0.15) is 0 Å². The van der Waals surface area contributed by atoms with Crippen molar-refractivity contribution >= 4 is 39.0 Å². The van der Waals surface area contributed by atoms with E-state index in [-0.39, 0.29) is 38.2 Å². The Morgan fingerprint density at radius 1 is 1.16 bits per heavy atom. The third-order valence-electron chi connectivity index (χ3n) is 4.30. The molecule has 0 fully saturated rings. The number of carbonyl (C=O) groups is 1. The summed E-state index contributed by atoms with van der Waals surface area (Å²) in [5, 5.41) is 11.5. The van der Waals surface area contributed by atoms with Crippen molar-refractivity contribution in [1.82, 2.24) is 0 Å². The summed E-state index contributed by atoms with van der Waals surface area (Å²) < 4.78 is 34.2. The van der Waals surface area contributed by atoms with E-state index < -0.39 is 20.5 Å². The standard InChI is InChI=1S/C21H16ClNO7S/c1-29-20-11-13(3-10-21(20)31(2,27)28)18(24)8-5-15-6-9-19(30-15)16-7-4-14(22)12-17(16)23(25)26/h3-12H,1-2H3/b8-5+. The fraction of sp³-hybridized carbons (Fsp3) is 0.0952. The number of hydrogen-bond acceptors (Lipinski definition) is 7. The first-order valence-electron chi connectivity index (χ1n) is 8.75. The average Bonchev–Trinajstić information content (AvgIpc) is 3.19. The largest absolute Gasteiger partial charge is 0.495 e. The topological polar surface area (TPSA) is 117 Å². The van der Waals surface area contributed by atoms with Gasteiger partial charge in [0.15, 0.2) is 15.6 Å². The van der Waals surface area contributed by atoms with Gasteiger partial charge in [0.25, 0.3) is 5.69 Å². The molecule has 0 N–H and O–H groups in total. The summed E-state index contributed by atoms with van der Waals surface area (Å²) in [5.74, 6) is 0.202. The molecule has 3 aromatic rings. The first kappa shape index (κ1) is 22.3. The van der Waals surface area contributed by atoms with Crippen molar-refractivity contribution in [3.05, 3.63) is 81.1 Å². The number of hydrogen-bond donors (Lipinski definition) is 0. The van der Waals surface area contributed by atoms with Crippen LogP contribution in [-0.4, -0.2) is 32.5 Å². The van der Waals surface area contributed by atoms with E-state index >= 15 is 0 Å². The Kier molecular flexibility index (Phi) is 6.28. The number of ether oxygens (including phenoxy) is 1. The summed E-state index contributed by atoms with van der Waals surface area (Å²) in [7, 11) is -2.19. The van der Waals surface area contributed by atoms with Crippen LogP contribution < -0.4 is 4.74 Å². The lowest BCUT2D eigenvalue weighted by Gasteiger charge is -2.07. The van der Waals surface area contributed by atoms with Crippen molar-refractivity contribution in [2.24, 2.45) is 0 Å². The molecule has 160 valence electrons. The Morgan fingerprint density at radius 3 is 2.55 bits per heavy atom. The zero-order chi connectivity index (χ0) is 22.8. The summed E-state index contributed by atoms with van der Waals surface area (Å²) in [5.41, 5.74) is 0.272. The lowest BCUT2D eigenvalue weighted by atomic mass is 10.1. The number of methoxy groups -OCH3 is 1. The van der Waals surface area contributed by atoms with E-state index in [4.69, 9.17) is 20.8 Å². The van der Waals surface area contributed by atoms with Crippen LogP contribution in [0.3, 0.4) is 0 Å². The second-order valence-electron chi connectivity index (χ2n) is 6.46. The molecule has 1 heterocycles. The predicted octanol–water partition coefficient (Wildman–Crippen LogP) is 4.82. The third-order valence-corrected chi connectivity index (χ3v) is 5.67. The van der Waals surface area contributed by atoms with Gasteiger partial charge in [0, 0.05) is 22.9 Å². The molecule has 0 spiro atoms. The first-order valence-corrected chi connectivity index (χ1v) is 11.0. The van der Waals surface area contributed by atoms with E-state index in [9.17, 15) is 23.3 Å². The smallest absolute Gasteiger partial charge is 0.281 e. The minimum absolute atomic E-state index is 0.0178. The van der Waals surface area contributed by atoms with E-state index in [1.165, 1.54) is 55.7 Å². The molecule has 0 aliphatic heterocycles. The van der Waals surface area contributed by atoms with E-state index in [1.807, 2.05) is 0 Å². The van der Waals surface area contributed by atoms with E-state index in [2.05, 4.69) is 0 Å². The zero-order valence-corrected chi connectivity index (χ0v) is 17.9. The Labute approximate surface area is 182 Å². The van der Waals surface area contributed by atoms with Gasteiger partial charge in [0.2, 0.25) is 0 Å². The number of allylic oxidation sites excluding steroid dienone is 1. The van der Waals surface area contributed by atoms with Crippen LogP contribution in [0.25, 0.3) is 17.4 Å². The van der Waals surface area contributed by atoms with Gasteiger partial charge >= 0.3 is 0 Å². The summed E-state index contributed by atoms with van der Waals surface area (Å²) in [6.07, 6.45) is 3.70. The molecule has 0 saturated carbocycles. The molecule has 0 unspecified atom stereocenters. The summed E-state index contributed by atoms with van der Waals surface area (Å²) in [4.78, 5) is 23.2. The van der Waals surface area contributed by atoms with Crippen LogP contribution in [0.2, 0.25) is 5.02 Å². The van der Waals surface area contributed by atoms with Gasteiger partial charge in [-0.05, 0) is 54.6 Å². The number of sulfone groups is 1. The van der Waals surface area contributed by atoms with Crippen LogP contribution in [0.5, 0.6) is 5.75 Å². The predicted molar refractivity (Wildman–Crippen MR) is 115 cm³/mol. The van der Waals surface area contributed by atoms with Gasteiger partial charge < -0.3 is 9.15 Å². The minimum Gasteiger partial charge on any atom is -0.495 e. The second-order valence-corrected chi connectivity index (χ2v) is 8.88. The quantitative estimate of drug-likeness (QED) is 0.214. The number of furan rings is 1. The molecule has 2 aromatic carbocycles. The molecule has 3 rings (SSSR count). The van der Waals surface area contributed by atoms with Gasteiger partial charge in [0.05, 0.1) is 17.6 Å². The van der Waals surface area contributed by atoms with Crippen molar-refractivity contribution in [3.8, 4) is 17.1 Å². The SMILES string of the molecule is COc1cc(C(=O)/C=C/c2ccc(-c3ccc(Cl)cc3[N+](=O)[O-])o2)ccc1S(C)(=O)=O. The van der Waals surface area contributed by atoms with Crippen LogP contribution in [0.15, 0.2) is 63.9 Å². The molecular weight excluding hydrogens is 446 g/mol. The Hall–Kier alpha value is -3.43. The molecule has 0 saturated heterocycles. The fourth-order valence-electron chi connectivity index (χ4n) is 2.83. The number of rotatable bonds is 7. The average molecular weight is 462 g/mol. The number of halogens is 1. The second kappa shape index (κ2) is 8.75. The van der Waals surface area contributed by atoms with E-state index in [1.54, 1.807) is 12.1 Å². The van der Waals surface area contributed by atoms with Crippen LogP contribution in [0.1, 0.15) is 16.1 Å². The number of nitrogens with zero attached hydrogens (tertiary/aromatic N) is 1. The number of benzene rings is 2. The first-order chi connectivity index (χ1) is 14.6. The molecule has 0 bridgehead atoms. The van der Waals surface area contributed by atoms with Gasteiger partial charge in [-0.25, -0.2) is 8.42 Å². The van der Waals surface area contributed by atoms with Crippen LogP contribution in [0.4, 0.5) is 5.69 Å². The molecular formula is C21H16ClNO7S. The van der Waals surface area contributed by atoms with Gasteiger partial charge in [-0.3, -0.25) is 14.9 Å². The maximum absolute atomic E-state index is 12.5. The molecule has 0 amide bonds. The van der Waals surface area contributed by atoms with Gasteiger partial charge in [-0.1, -0.05) is 11.6 Å². The van der Waals surface area contributed by atoms with Gasteiger partial charge in [-0.15, -0.1) is 0 Å². The Balaban J connectivity index is 1.85. The highest BCUT2D eigenvalue weighted by atomic mass is 35.5. The Morgan fingerprint density at radius 2 is 1.90 bits per heavy atom. The van der Waals surface area contributed by atoms with Crippen LogP contribution in [-0.2, 0) is 9.84 Å². The van der Waals surface area contributed by atoms with Crippen molar-refractivity contribution < 1.29 is 27.3 Å². The molecule has 0 aliphatic carbocycles. The normalized spacial score (nSPS) is 11.6. The van der Waals surface area contributed by atoms with E-state index in [0.717, 1.165) is 6.26 Å². The number of ketones is 1. The Bertz CT molecular complexity index is 1310. The molecule has 0 radical (unpaired) electrons.